The van der Waals surface area contributed by atoms with E-state index in [0.717, 1.165) is 37.3 Å². The fourth-order valence-electron chi connectivity index (χ4n) is 4.27. The molecular formula is C23H22N4OS. The third-order valence-electron chi connectivity index (χ3n) is 5.65. The van der Waals surface area contributed by atoms with E-state index in [2.05, 4.69) is 74.2 Å². The molecule has 0 atom stereocenters. The van der Waals surface area contributed by atoms with Gasteiger partial charge < -0.3 is 9.55 Å². The lowest BCUT2D eigenvalue weighted by molar-refractivity contribution is 0.241. The molecule has 2 N–H and O–H groups in total. The van der Waals surface area contributed by atoms with Gasteiger partial charge in [-0.15, -0.1) is 0 Å². The largest absolute Gasteiger partial charge is 0.343 e. The molecule has 0 aliphatic carbocycles. The van der Waals surface area contributed by atoms with E-state index in [9.17, 15) is 4.79 Å². The zero-order valence-electron chi connectivity index (χ0n) is 16.0. The summed E-state index contributed by atoms with van der Waals surface area (Å²) in [5.41, 5.74) is 5.57. The van der Waals surface area contributed by atoms with E-state index in [1.54, 1.807) is 0 Å². The smallest absolute Gasteiger partial charge is 0.255 e. The summed E-state index contributed by atoms with van der Waals surface area (Å²) in [6.07, 6.45) is 3.01. The maximum atomic E-state index is 12.1. The van der Waals surface area contributed by atoms with E-state index < -0.39 is 0 Å². The summed E-state index contributed by atoms with van der Waals surface area (Å²) in [6, 6.07) is 19.1. The number of para-hydroxylation sites is 1. The maximum absolute atomic E-state index is 12.1. The normalized spacial score (nSPS) is 14.2. The molecule has 0 unspecified atom stereocenters. The van der Waals surface area contributed by atoms with Crippen molar-refractivity contribution in [3.8, 4) is 0 Å². The molecule has 29 heavy (non-hydrogen) atoms. The molecule has 3 heterocycles. The number of aromatic nitrogens is 3. The van der Waals surface area contributed by atoms with Gasteiger partial charge in [-0.05, 0) is 35.8 Å². The highest BCUT2D eigenvalue weighted by atomic mass is 32.1. The summed E-state index contributed by atoms with van der Waals surface area (Å²) in [7, 11) is 0. The molecular weight excluding hydrogens is 380 g/mol. The lowest BCUT2D eigenvalue weighted by Crippen LogP contribution is -2.34. The zero-order valence-corrected chi connectivity index (χ0v) is 16.8. The first kappa shape index (κ1) is 18.1. The van der Waals surface area contributed by atoms with Crippen LogP contribution >= 0.6 is 12.2 Å². The molecule has 2 aromatic carbocycles. The maximum Gasteiger partial charge on any atom is 0.255 e. The van der Waals surface area contributed by atoms with E-state index in [-0.39, 0.29) is 5.56 Å². The van der Waals surface area contributed by atoms with Gasteiger partial charge in [0, 0.05) is 54.5 Å². The number of hydrogen-bond acceptors (Lipinski definition) is 3. The van der Waals surface area contributed by atoms with Gasteiger partial charge in [0.25, 0.3) is 5.56 Å². The molecule has 6 heteroatoms. The van der Waals surface area contributed by atoms with Gasteiger partial charge >= 0.3 is 0 Å². The van der Waals surface area contributed by atoms with Crippen LogP contribution in [0.15, 0.2) is 65.6 Å². The fourth-order valence-corrected chi connectivity index (χ4v) is 4.48. The predicted octanol–water partition coefficient (Wildman–Crippen LogP) is 3.99. The second-order valence-corrected chi connectivity index (χ2v) is 8.02. The van der Waals surface area contributed by atoms with Crippen molar-refractivity contribution in [3.63, 3.8) is 0 Å². The minimum absolute atomic E-state index is 0.0529. The molecule has 0 radical (unpaired) electrons. The van der Waals surface area contributed by atoms with Crippen LogP contribution in [0.3, 0.4) is 0 Å². The van der Waals surface area contributed by atoms with E-state index in [1.165, 1.54) is 22.0 Å². The summed E-state index contributed by atoms with van der Waals surface area (Å²) in [6.45, 7) is 3.27. The van der Waals surface area contributed by atoms with Crippen molar-refractivity contribution >= 4 is 23.1 Å². The Morgan fingerprint density at radius 1 is 0.966 bits per heavy atom. The van der Waals surface area contributed by atoms with Gasteiger partial charge in [-0.25, -0.2) is 0 Å². The first-order valence-electron chi connectivity index (χ1n) is 9.85. The molecule has 5 rings (SSSR count). The Kier molecular flexibility index (Phi) is 4.66. The third kappa shape index (κ3) is 3.57. The third-order valence-corrected chi connectivity index (χ3v) is 5.85. The Balaban J connectivity index is 1.45. The number of fused-ring (bicyclic) bond motifs is 2. The molecule has 0 bridgehead atoms. The van der Waals surface area contributed by atoms with Gasteiger partial charge in [-0.1, -0.05) is 48.5 Å². The highest BCUT2D eigenvalue weighted by Crippen LogP contribution is 2.25. The van der Waals surface area contributed by atoms with Crippen molar-refractivity contribution in [2.75, 3.05) is 6.54 Å². The topological polar surface area (TPSA) is 56.8 Å². The average molecular weight is 403 g/mol. The number of nitrogens with zero attached hydrogens (tertiary/aromatic N) is 2. The highest BCUT2D eigenvalue weighted by molar-refractivity contribution is 7.71. The summed E-state index contributed by atoms with van der Waals surface area (Å²) >= 11 is 5.15. The van der Waals surface area contributed by atoms with E-state index in [1.807, 2.05) is 6.07 Å². The summed E-state index contributed by atoms with van der Waals surface area (Å²) in [5, 5.41) is 1.29. The Bertz CT molecular complexity index is 1290. The fraction of sp³-hybridized carbons (Fsp3) is 0.217. The van der Waals surface area contributed by atoms with Crippen molar-refractivity contribution in [1.82, 2.24) is 19.4 Å². The van der Waals surface area contributed by atoms with Crippen LogP contribution in [0, 0.1) is 4.77 Å². The van der Waals surface area contributed by atoms with E-state index in [4.69, 9.17) is 12.2 Å². The summed E-state index contributed by atoms with van der Waals surface area (Å²) < 4.78 is 2.73. The molecule has 0 spiro atoms. The van der Waals surface area contributed by atoms with Crippen LogP contribution in [0.25, 0.3) is 10.9 Å². The quantitative estimate of drug-likeness (QED) is 0.508. The molecule has 0 saturated heterocycles. The van der Waals surface area contributed by atoms with Crippen molar-refractivity contribution in [1.29, 1.82) is 0 Å². The van der Waals surface area contributed by atoms with Crippen LogP contribution in [-0.2, 0) is 26.1 Å². The van der Waals surface area contributed by atoms with Crippen molar-refractivity contribution in [2.45, 2.75) is 26.1 Å². The molecule has 0 fully saturated rings. The van der Waals surface area contributed by atoms with Gasteiger partial charge in [0.15, 0.2) is 4.77 Å². The summed E-state index contributed by atoms with van der Waals surface area (Å²) in [4.78, 5) is 20.4. The van der Waals surface area contributed by atoms with Gasteiger partial charge in [-0.3, -0.25) is 14.7 Å². The van der Waals surface area contributed by atoms with Crippen LogP contribution < -0.4 is 5.56 Å². The van der Waals surface area contributed by atoms with Crippen LogP contribution in [0.2, 0.25) is 0 Å². The number of nitrogens with one attached hydrogen (secondary N) is 2. The SMILES string of the molecule is O=c1[nH]c(=S)[nH]c2c1CCN(Cc1cn(Cc3ccccc3)c3ccccc13)C2. The highest BCUT2D eigenvalue weighted by Gasteiger charge is 2.21. The molecule has 0 amide bonds. The number of rotatable bonds is 4. The zero-order chi connectivity index (χ0) is 19.8. The second kappa shape index (κ2) is 7.46. The monoisotopic (exact) mass is 402 g/mol. The van der Waals surface area contributed by atoms with E-state index >= 15 is 0 Å². The van der Waals surface area contributed by atoms with Gasteiger partial charge in [-0.2, -0.15) is 0 Å². The van der Waals surface area contributed by atoms with Crippen molar-refractivity contribution in [3.05, 3.63) is 98.3 Å². The minimum atomic E-state index is -0.0529. The lowest BCUT2D eigenvalue weighted by atomic mass is 10.1. The first-order chi connectivity index (χ1) is 14.2. The first-order valence-corrected chi connectivity index (χ1v) is 10.3. The van der Waals surface area contributed by atoms with Crippen LogP contribution in [0.5, 0.6) is 0 Å². The number of H-pyrrole nitrogens is 2. The van der Waals surface area contributed by atoms with Gasteiger partial charge in [0.05, 0.1) is 0 Å². The molecule has 1 aliphatic rings. The van der Waals surface area contributed by atoms with Crippen LogP contribution in [-0.4, -0.2) is 26.0 Å². The Labute approximate surface area is 173 Å². The molecule has 4 aromatic rings. The Morgan fingerprint density at radius 2 is 1.76 bits per heavy atom. The average Bonchev–Trinajstić information content (AvgIpc) is 3.06. The second-order valence-electron chi connectivity index (χ2n) is 7.61. The molecule has 0 saturated carbocycles. The van der Waals surface area contributed by atoms with Gasteiger partial charge in [0.2, 0.25) is 0 Å². The molecule has 146 valence electrons. The van der Waals surface area contributed by atoms with E-state index in [0.29, 0.717) is 11.3 Å². The van der Waals surface area contributed by atoms with Crippen LogP contribution in [0.1, 0.15) is 22.4 Å². The number of aromatic amines is 2. The Morgan fingerprint density at radius 3 is 2.62 bits per heavy atom. The number of benzene rings is 2. The Hall–Kier alpha value is -2.96. The standard InChI is InChI=1S/C23H22N4OS/c28-22-19-10-11-26(15-20(19)24-23(29)25-22)13-17-14-27(12-16-6-2-1-3-7-16)21-9-5-4-8-18(17)21/h1-9,14H,10-13,15H2,(H2,24,25,28,29). The molecule has 5 nitrogen and oxygen atoms in total. The lowest BCUT2D eigenvalue weighted by Gasteiger charge is -2.27. The minimum Gasteiger partial charge on any atom is -0.343 e. The van der Waals surface area contributed by atoms with Crippen LogP contribution in [0.4, 0.5) is 0 Å². The number of hydrogen-bond donors (Lipinski definition) is 2. The molecule has 2 aromatic heterocycles. The van der Waals surface area contributed by atoms with Gasteiger partial charge in [0.1, 0.15) is 0 Å². The van der Waals surface area contributed by atoms with Crippen molar-refractivity contribution in [2.24, 2.45) is 0 Å². The van der Waals surface area contributed by atoms with Crippen molar-refractivity contribution < 1.29 is 0 Å². The molecule has 1 aliphatic heterocycles. The predicted molar refractivity (Wildman–Crippen MR) is 118 cm³/mol. The summed E-state index contributed by atoms with van der Waals surface area (Å²) in [5.74, 6) is 0.